The van der Waals surface area contributed by atoms with Gasteiger partial charge in [0.2, 0.25) is 0 Å². The van der Waals surface area contributed by atoms with Crippen LogP contribution in [-0.4, -0.2) is 22.5 Å². The van der Waals surface area contributed by atoms with Gasteiger partial charge in [0.05, 0.1) is 0 Å². The van der Waals surface area contributed by atoms with Crippen LogP contribution in [-0.2, 0) is 0 Å². The van der Waals surface area contributed by atoms with E-state index in [1.165, 1.54) is 32.1 Å². The van der Waals surface area contributed by atoms with Gasteiger partial charge in [0.1, 0.15) is 0 Å². The molecule has 0 fully saturated rings. The highest BCUT2D eigenvalue weighted by Crippen LogP contribution is 2.14. The first-order valence-electron chi connectivity index (χ1n) is 5.60. The number of rotatable bonds is 10. The Bertz CT molecular complexity index is 116. The average molecular weight is 294 g/mol. The summed E-state index contributed by atoms with van der Waals surface area (Å²) in [4.78, 5) is 0. The Kier molecular flexibility index (Phi) is 12.5. The van der Waals surface area contributed by atoms with Crippen molar-refractivity contribution in [3.8, 4) is 0 Å². The average Bonchev–Trinajstić information content (AvgIpc) is 2.26. The molecule has 0 aromatic heterocycles. The van der Waals surface area contributed by atoms with Crippen molar-refractivity contribution in [3.05, 3.63) is 0 Å². The van der Waals surface area contributed by atoms with E-state index >= 15 is 0 Å². The monoisotopic (exact) mass is 292 g/mol. The van der Waals surface area contributed by atoms with Gasteiger partial charge in [0.15, 0.2) is 0 Å². The van der Waals surface area contributed by atoms with Gasteiger partial charge in [-0.25, -0.2) is 0 Å². The first-order valence-corrected chi connectivity index (χ1v) is 7.55. The van der Waals surface area contributed by atoms with Gasteiger partial charge in [-0.15, -0.1) is 46.4 Å². The van der Waals surface area contributed by atoms with Crippen molar-refractivity contribution in [1.82, 2.24) is 0 Å². The SMILES string of the molecule is ClC[C@@H](Cl)CCCCCCC[C@@H](Cl)CCl. The maximum Gasteiger partial charge on any atom is 0.0471 e. The maximum atomic E-state index is 5.90. The molecule has 0 bridgehead atoms. The van der Waals surface area contributed by atoms with Gasteiger partial charge in [0.25, 0.3) is 0 Å². The van der Waals surface area contributed by atoms with E-state index in [0.29, 0.717) is 11.8 Å². The fourth-order valence-corrected chi connectivity index (χ4v) is 2.03. The fraction of sp³-hybridized carbons (Fsp3) is 1.00. The topological polar surface area (TPSA) is 0 Å². The highest BCUT2D eigenvalue weighted by Gasteiger charge is 2.03. The quantitative estimate of drug-likeness (QED) is 0.373. The van der Waals surface area contributed by atoms with Gasteiger partial charge in [-0.3, -0.25) is 0 Å². The van der Waals surface area contributed by atoms with Gasteiger partial charge in [0, 0.05) is 22.5 Å². The molecule has 0 aliphatic heterocycles. The van der Waals surface area contributed by atoms with Crippen LogP contribution >= 0.6 is 46.4 Å². The molecular formula is C11H20Cl4. The summed E-state index contributed by atoms with van der Waals surface area (Å²) >= 11 is 23.0. The molecule has 0 radical (unpaired) electrons. The summed E-state index contributed by atoms with van der Waals surface area (Å²) in [6, 6.07) is 0. The molecule has 0 aromatic rings. The Morgan fingerprint density at radius 3 is 1.27 bits per heavy atom. The third-order valence-electron chi connectivity index (χ3n) is 2.37. The van der Waals surface area contributed by atoms with Crippen LogP contribution in [0, 0.1) is 0 Å². The van der Waals surface area contributed by atoms with Crippen molar-refractivity contribution in [2.24, 2.45) is 0 Å². The third kappa shape index (κ3) is 11.4. The molecule has 0 aromatic carbocycles. The highest BCUT2D eigenvalue weighted by atomic mass is 35.5. The van der Waals surface area contributed by atoms with Crippen LogP contribution < -0.4 is 0 Å². The molecular weight excluding hydrogens is 274 g/mol. The Hall–Kier alpha value is 1.16. The Balaban J connectivity index is 3.05. The van der Waals surface area contributed by atoms with Crippen LogP contribution in [0.15, 0.2) is 0 Å². The molecule has 92 valence electrons. The van der Waals surface area contributed by atoms with E-state index in [9.17, 15) is 0 Å². The van der Waals surface area contributed by atoms with Crippen LogP contribution in [0.25, 0.3) is 0 Å². The lowest BCUT2D eigenvalue weighted by atomic mass is 10.1. The van der Waals surface area contributed by atoms with Crippen molar-refractivity contribution >= 4 is 46.4 Å². The van der Waals surface area contributed by atoms with Crippen LogP contribution in [0.4, 0.5) is 0 Å². The van der Waals surface area contributed by atoms with E-state index in [1.807, 2.05) is 0 Å². The summed E-state index contributed by atoms with van der Waals surface area (Å²) in [5.41, 5.74) is 0. The molecule has 0 saturated carbocycles. The van der Waals surface area contributed by atoms with Gasteiger partial charge < -0.3 is 0 Å². The van der Waals surface area contributed by atoms with Crippen molar-refractivity contribution in [3.63, 3.8) is 0 Å². The van der Waals surface area contributed by atoms with E-state index < -0.39 is 0 Å². The lowest BCUT2D eigenvalue weighted by molar-refractivity contribution is 0.576. The summed E-state index contributed by atoms with van der Waals surface area (Å²) in [5.74, 6) is 1.12. The Morgan fingerprint density at radius 1 is 0.600 bits per heavy atom. The van der Waals surface area contributed by atoms with Crippen molar-refractivity contribution in [2.75, 3.05) is 11.8 Å². The van der Waals surface area contributed by atoms with Crippen molar-refractivity contribution in [2.45, 2.75) is 55.7 Å². The first kappa shape index (κ1) is 16.2. The standard InChI is InChI=1S/C11H20Cl4/c12-8-10(14)6-4-2-1-3-5-7-11(15)9-13/h10-11H,1-9H2/t10-,11+. The van der Waals surface area contributed by atoms with Gasteiger partial charge in [-0.2, -0.15) is 0 Å². The van der Waals surface area contributed by atoms with E-state index in [0.717, 1.165) is 12.8 Å². The molecule has 0 spiro atoms. The molecule has 0 N–H and O–H groups in total. The van der Waals surface area contributed by atoms with E-state index in [4.69, 9.17) is 46.4 Å². The minimum atomic E-state index is 0.148. The molecule has 0 amide bonds. The minimum Gasteiger partial charge on any atom is -0.125 e. The number of unbranched alkanes of at least 4 members (excludes halogenated alkanes) is 4. The summed E-state index contributed by atoms with van der Waals surface area (Å²) in [6.07, 6.45) is 8.18. The fourth-order valence-electron chi connectivity index (χ4n) is 1.42. The zero-order chi connectivity index (χ0) is 11.5. The van der Waals surface area contributed by atoms with Gasteiger partial charge in [-0.1, -0.05) is 32.1 Å². The summed E-state index contributed by atoms with van der Waals surface area (Å²) in [6.45, 7) is 0. The molecule has 2 atom stereocenters. The zero-order valence-corrected chi connectivity index (χ0v) is 12.1. The van der Waals surface area contributed by atoms with E-state index in [2.05, 4.69) is 0 Å². The van der Waals surface area contributed by atoms with Crippen molar-refractivity contribution in [1.29, 1.82) is 0 Å². The summed E-state index contributed by atoms with van der Waals surface area (Å²) < 4.78 is 0. The molecule has 0 aliphatic rings. The first-order chi connectivity index (χ1) is 7.20. The third-order valence-corrected chi connectivity index (χ3v) is 4.18. The predicted octanol–water partition coefficient (Wildman–Crippen LogP) is 5.41. The normalized spacial score (nSPS) is 15.2. The van der Waals surface area contributed by atoms with Crippen LogP contribution in [0.2, 0.25) is 0 Å². The van der Waals surface area contributed by atoms with Crippen LogP contribution in [0.1, 0.15) is 44.9 Å². The van der Waals surface area contributed by atoms with Crippen LogP contribution in [0.3, 0.4) is 0 Å². The Morgan fingerprint density at radius 2 is 0.933 bits per heavy atom. The zero-order valence-electron chi connectivity index (χ0n) is 9.03. The van der Waals surface area contributed by atoms with E-state index in [1.54, 1.807) is 0 Å². The summed E-state index contributed by atoms with van der Waals surface area (Å²) in [7, 11) is 0. The molecule has 0 heterocycles. The number of alkyl halides is 4. The molecule has 0 nitrogen and oxygen atoms in total. The number of hydrogen-bond acceptors (Lipinski definition) is 0. The lowest BCUT2D eigenvalue weighted by Gasteiger charge is -2.06. The smallest absolute Gasteiger partial charge is 0.0471 e. The minimum absolute atomic E-state index is 0.148. The molecule has 4 heteroatoms. The van der Waals surface area contributed by atoms with Gasteiger partial charge >= 0.3 is 0 Å². The van der Waals surface area contributed by atoms with Crippen LogP contribution in [0.5, 0.6) is 0 Å². The molecule has 0 unspecified atom stereocenters. The molecule has 0 aliphatic carbocycles. The predicted molar refractivity (Wildman–Crippen MR) is 73.0 cm³/mol. The second kappa shape index (κ2) is 11.6. The second-order valence-corrected chi connectivity index (χ2v) is 5.70. The molecule has 0 saturated heterocycles. The second-order valence-electron chi connectivity index (χ2n) is 3.85. The Labute approximate surface area is 114 Å². The largest absolute Gasteiger partial charge is 0.125 e. The lowest BCUT2D eigenvalue weighted by Crippen LogP contribution is -2.00. The molecule has 15 heavy (non-hydrogen) atoms. The van der Waals surface area contributed by atoms with Crippen molar-refractivity contribution < 1.29 is 0 Å². The highest BCUT2D eigenvalue weighted by molar-refractivity contribution is 6.28. The molecule has 0 rings (SSSR count). The summed E-state index contributed by atoms with van der Waals surface area (Å²) in [5, 5.41) is 0.297. The number of halogens is 4. The maximum absolute atomic E-state index is 5.90. The van der Waals surface area contributed by atoms with Gasteiger partial charge in [-0.05, 0) is 12.8 Å². The van der Waals surface area contributed by atoms with E-state index in [-0.39, 0.29) is 10.8 Å². The number of hydrogen-bond donors (Lipinski definition) is 0.